The lowest BCUT2D eigenvalue weighted by Crippen LogP contribution is -2.50. The molecule has 0 saturated carbocycles. The molecule has 0 saturated heterocycles. The SMILES string of the molecule is Cl.Cl.NC(N)=NCCC[C@@H](NC(=O)[C@H](N)Cc1ccccc1)C(=O)Nc1ccc2ccccc2c1. The molecule has 8 nitrogen and oxygen atoms in total. The van der Waals surface area contributed by atoms with Crippen LogP contribution in [0.4, 0.5) is 5.69 Å². The van der Waals surface area contributed by atoms with Crippen molar-refractivity contribution < 1.29 is 9.59 Å². The molecule has 0 spiro atoms. The average Bonchev–Trinajstić information content (AvgIpc) is 2.81. The number of benzene rings is 3. The Kier molecular flexibility index (Phi) is 12.6. The van der Waals surface area contributed by atoms with Gasteiger partial charge in [-0.3, -0.25) is 14.6 Å². The maximum absolute atomic E-state index is 13.0. The molecule has 0 bridgehead atoms. The number of aliphatic imine (C=N–C) groups is 1. The van der Waals surface area contributed by atoms with E-state index in [-0.39, 0.29) is 42.6 Å². The van der Waals surface area contributed by atoms with Crippen LogP contribution in [0.25, 0.3) is 10.8 Å². The number of hydrogen-bond donors (Lipinski definition) is 5. The molecule has 0 fully saturated rings. The second-order valence-electron chi connectivity index (χ2n) is 7.86. The molecule has 10 heteroatoms. The summed E-state index contributed by atoms with van der Waals surface area (Å²) in [5, 5.41) is 7.78. The van der Waals surface area contributed by atoms with Crippen LogP contribution < -0.4 is 27.8 Å². The van der Waals surface area contributed by atoms with Gasteiger partial charge in [0.15, 0.2) is 5.96 Å². The maximum Gasteiger partial charge on any atom is 0.246 e. The van der Waals surface area contributed by atoms with Crippen LogP contribution in [0.2, 0.25) is 0 Å². The van der Waals surface area contributed by atoms with E-state index in [0.717, 1.165) is 16.3 Å². The Balaban J connectivity index is 0.00000306. The normalized spacial score (nSPS) is 11.8. The Morgan fingerprint density at radius 2 is 1.51 bits per heavy atom. The van der Waals surface area contributed by atoms with Crippen molar-refractivity contribution in [2.75, 3.05) is 11.9 Å². The first-order valence-electron chi connectivity index (χ1n) is 10.9. The summed E-state index contributed by atoms with van der Waals surface area (Å²) in [4.78, 5) is 29.7. The van der Waals surface area contributed by atoms with Gasteiger partial charge < -0.3 is 27.8 Å². The van der Waals surface area contributed by atoms with E-state index in [9.17, 15) is 9.59 Å². The molecule has 0 unspecified atom stereocenters. The number of nitrogens with one attached hydrogen (secondary N) is 2. The van der Waals surface area contributed by atoms with Crippen molar-refractivity contribution in [3.05, 3.63) is 78.4 Å². The van der Waals surface area contributed by atoms with Gasteiger partial charge in [0.2, 0.25) is 11.8 Å². The Morgan fingerprint density at radius 3 is 2.20 bits per heavy atom. The van der Waals surface area contributed by atoms with Crippen molar-refractivity contribution in [2.45, 2.75) is 31.3 Å². The quantitative estimate of drug-likeness (QED) is 0.159. The van der Waals surface area contributed by atoms with E-state index in [1.807, 2.05) is 72.8 Å². The van der Waals surface area contributed by atoms with Crippen molar-refractivity contribution in [3.63, 3.8) is 0 Å². The van der Waals surface area contributed by atoms with Crippen LogP contribution in [0.15, 0.2) is 77.8 Å². The van der Waals surface area contributed by atoms with Gasteiger partial charge in [0, 0.05) is 12.2 Å². The maximum atomic E-state index is 13.0. The monoisotopic (exact) mass is 518 g/mol. The predicted octanol–water partition coefficient (Wildman–Crippen LogP) is 2.73. The number of amides is 2. The second kappa shape index (κ2) is 14.8. The third-order valence-corrected chi connectivity index (χ3v) is 5.23. The molecule has 0 aromatic heterocycles. The Hall–Kier alpha value is -3.33. The van der Waals surface area contributed by atoms with E-state index in [0.29, 0.717) is 31.5 Å². The molecule has 0 radical (unpaired) electrons. The van der Waals surface area contributed by atoms with Gasteiger partial charge in [0.05, 0.1) is 6.04 Å². The molecule has 0 aliphatic carbocycles. The highest BCUT2D eigenvalue weighted by molar-refractivity contribution is 5.99. The van der Waals surface area contributed by atoms with Crippen LogP contribution in [0.5, 0.6) is 0 Å². The van der Waals surface area contributed by atoms with E-state index in [4.69, 9.17) is 17.2 Å². The molecule has 2 amide bonds. The zero-order valence-electron chi connectivity index (χ0n) is 19.2. The van der Waals surface area contributed by atoms with E-state index < -0.39 is 12.1 Å². The average molecular weight is 519 g/mol. The summed E-state index contributed by atoms with van der Waals surface area (Å²) in [7, 11) is 0. The minimum absolute atomic E-state index is 0. The van der Waals surface area contributed by atoms with E-state index in [1.54, 1.807) is 0 Å². The number of carbonyl (C=O) groups excluding carboxylic acids is 2. The molecule has 188 valence electrons. The van der Waals surface area contributed by atoms with Crippen LogP contribution in [0, 0.1) is 0 Å². The topological polar surface area (TPSA) is 149 Å². The van der Waals surface area contributed by atoms with Crippen molar-refractivity contribution in [1.82, 2.24) is 5.32 Å². The first-order valence-corrected chi connectivity index (χ1v) is 10.9. The molecule has 0 aliphatic rings. The standard InChI is InChI=1S/C25H30N6O2.2ClH/c26-21(15-17-7-2-1-3-8-17)23(32)31-22(11-6-14-29-25(27)28)24(33)30-20-13-12-18-9-4-5-10-19(18)16-20;;/h1-5,7-10,12-13,16,21-22H,6,11,14-15,26H2,(H,30,33)(H,31,32)(H4,27,28,29);2*1H/t21-,22-;;/m1../s1. The molecule has 0 aliphatic heterocycles. The number of nitrogens with two attached hydrogens (primary N) is 3. The smallest absolute Gasteiger partial charge is 0.246 e. The number of anilines is 1. The summed E-state index contributed by atoms with van der Waals surface area (Å²) in [5.74, 6) is -0.726. The second-order valence-corrected chi connectivity index (χ2v) is 7.86. The highest BCUT2D eigenvalue weighted by atomic mass is 35.5. The van der Waals surface area contributed by atoms with E-state index in [2.05, 4.69) is 15.6 Å². The molecule has 35 heavy (non-hydrogen) atoms. The van der Waals surface area contributed by atoms with Gasteiger partial charge in [-0.05, 0) is 47.7 Å². The summed E-state index contributed by atoms with van der Waals surface area (Å²) in [6.45, 7) is 0.355. The van der Waals surface area contributed by atoms with Gasteiger partial charge in [-0.15, -0.1) is 24.8 Å². The van der Waals surface area contributed by atoms with Gasteiger partial charge >= 0.3 is 0 Å². The fraction of sp³-hybridized carbons (Fsp3) is 0.240. The first kappa shape index (κ1) is 29.7. The van der Waals surface area contributed by atoms with Crippen molar-refractivity contribution in [1.29, 1.82) is 0 Å². The summed E-state index contributed by atoms with van der Waals surface area (Å²) in [6, 6.07) is 21.5. The number of hydrogen-bond acceptors (Lipinski definition) is 4. The third kappa shape index (κ3) is 9.44. The highest BCUT2D eigenvalue weighted by Crippen LogP contribution is 2.19. The highest BCUT2D eigenvalue weighted by Gasteiger charge is 2.24. The zero-order valence-corrected chi connectivity index (χ0v) is 20.9. The first-order chi connectivity index (χ1) is 15.9. The number of halogens is 2. The Morgan fingerprint density at radius 1 is 0.857 bits per heavy atom. The fourth-order valence-corrected chi connectivity index (χ4v) is 3.51. The molecular weight excluding hydrogens is 487 g/mol. The van der Waals surface area contributed by atoms with Crippen LogP contribution in [-0.2, 0) is 16.0 Å². The van der Waals surface area contributed by atoms with Crippen LogP contribution in [0.1, 0.15) is 18.4 Å². The van der Waals surface area contributed by atoms with Gasteiger partial charge in [-0.25, -0.2) is 0 Å². The minimum atomic E-state index is -0.778. The zero-order chi connectivity index (χ0) is 23.6. The van der Waals surface area contributed by atoms with Crippen LogP contribution >= 0.6 is 24.8 Å². The Labute approximate surface area is 217 Å². The van der Waals surface area contributed by atoms with E-state index >= 15 is 0 Å². The number of nitrogens with zero attached hydrogens (tertiary/aromatic N) is 1. The van der Waals surface area contributed by atoms with Crippen molar-refractivity contribution in [3.8, 4) is 0 Å². The number of fused-ring (bicyclic) bond motifs is 1. The van der Waals surface area contributed by atoms with Gasteiger partial charge in [0.25, 0.3) is 0 Å². The molecule has 3 rings (SSSR count). The number of guanidine groups is 1. The molecule has 0 heterocycles. The molecule has 8 N–H and O–H groups in total. The van der Waals surface area contributed by atoms with Gasteiger partial charge in [-0.2, -0.15) is 0 Å². The lowest BCUT2D eigenvalue weighted by atomic mass is 10.0. The summed E-state index contributed by atoms with van der Waals surface area (Å²) >= 11 is 0. The molecule has 3 aromatic rings. The molecule has 2 atom stereocenters. The summed E-state index contributed by atoms with van der Waals surface area (Å²) < 4.78 is 0. The molecular formula is C25H32Cl2N6O2. The number of rotatable bonds is 10. The third-order valence-electron chi connectivity index (χ3n) is 5.23. The largest absolute Gasteiger partial charge is 0.370 e. The van der Waals surface area contributed by atoms with E-state index in [1.165, 1.54) is 0 Å². The van der Waals surface area contributed by atoms with Crippen LogP contribution in [-0.4, -0.2) is 36.4 Å². The van der Waals surface area contributed by atoms with Crippen molar-refractivity contribution in [2.24, 2.45) is 22.2 Å². The predicted molar refractivity (Wildman–Crippen MR) is 147 cm³/mol. The lowest BCUT2D eigenvalue weighted by molar-refractivity contribution is -0.127. The number of carbonyl (C=O) groups is 2. The fourth-order valence-electron chi connectivity index (χ4n) is 3.51. The van der Waals surface area contributed by atoms with Crippen molar-refractivity contribution >= 4 is 59.0 Å². The van der Waals surface area contributed by atoms with Gasteiger partial charge in [-0.1, -0.05) is 60.7 Å². The summed E-state index contributed by atoms with van der Waals surface area (Å²) in [5.41, 5.74) is 18.5. The minimum Gasteiger partial charge on any atom is -0.370 e. The Bertz CT molecular complexity index is 1120. The lowest BCUT2D eigenvalue weighted by Gasteiger charge is -2.21. The molecule has 3 aromatic carbocycles. The summed E-state index contributed by atoms with van der Waals surface area (Å²) in [6.07, 6.45) is 1.25. The van der Waals surface area contributed by atoms with Gasteiger partial charge in [0.1, 0.15) is 6.04 Å². The van der Waals surface area contributed by atoms with Crippen LogP contribution in [0.3, 0.4) is 0 Å².